The molecule has 0 aliphatic carbocycles. The van der Waals surface area contributed by atoms with E-state index in [1.807, 2.05) is 11.8 Å². The maximum absolute atomic E-state index is 12.9. The summed E-state index contributed by atoms with van der Waals surface area (Å²) in [4.78, 5) is 17.0. The molecule has 1 unspecified atom stereocenters. The van der Waals surface area contributed by atoms with Crippen LogP contribution in [0.2, 0.25) is 0 Å². The van der Waals surface area contributed by atoms with Gasteiger partial charge in [-0.05, 0) is 56.3 Å². The normalized spacial score (nSPS) is 22.3. The molecule has 2 amide bonds. The number of nitrogens with zero attached hydrogens (tertiary/aromatic N) is 2. The average Bonchev–Trinajstić information content (AvgIpc) is 2.98. The van der Waals surface area contributed by atoms with Crippen LogP contribution in [0, 0.1) is 0 Å². The van der Waals surface area contributed by atoms with Crippen LogP contribution < -0.4 is 5.32 Å². The number of amides is 2. The number of hydrogen-bond acceptors (Lipinski definition) is 3. The number of carbonyl (C=O) groups excluding carboxylic acids is 1. The molecule has 0 saturated carbocycles. The number of rotatable bonds is 3. The van der Waals surface area contributed by atoms with Crippen molar-refractivity contribution in [1.82, 2.24) is 9.80 Å². The van der Waals surface area contributed by atoms with Crippen LogP contribution in [-0.2, 0) is 6.18 Å². The van der Waals surface area contributed by atoms with Crippen molar-refractivity contribution >= 4 is 23.5 Å². The number of anilines is 1. The van der Waals surface area contributed by atoms with E-state index in [4.69, 9.17) is 0 Å². The molecule has 1 N–H and O–H groups in total. The summed E-state index contributed by atoms with van der Waals surface area (Å²) in [6, 6.07) is 4.59. The number of nitrogens with one attached hydrogen (secondary N) is 1. The molecule has 8 heteroatoms. The van der Waals surface area contributed by atoms with Crippen LogP contribution in [0.1, 0.15) is 24.8 Å². The van der Waals surface area contributed by atoms with Crippen LogP contribution in [0.25, 0.3) is 0 Å². The molecule has 0 spiro atoms. The number of carbonyl (C=O) groups is 1. The molecule has 1 aromatic carbocycles. The topological polar surface area (TPSA) is 35.6 Å². The number of hydrogen-bond donors (Lipinski definition) is 1. The molecule has 26 heavy (non-hydrogen) atoms. The van der Waals surface area contributed by atoms with Gasteiger partial charge in [0.2, 0.25) is 0 Å². The van der Waals surface area contributed by atoms with Gasteiger partial charge in [-0.25, -0.2) is 4.79 Å². The average molecular weight is 387 g/mol. The Balaban J connectivity index is 1.69. The van der Waals surface area contributed by atoms with Crippen LogP contribution in [0.4, 0.5) is 23.7 Å². The quantitative estimate of drug-likeness (QED) is 0.847. The molecule has 2 saturated heterocycles. The summed E-state index contributed by atoms with van der Waals surface area (Å²) in [6.45, 7) is 3.59. The van der Waals surface area contributed by atoms with E-state index in [0.717, 1.165) is 49.7 Å². The Bertz CT molecular complexity index is 620. The van der Waals surface area contributed by atoms with Gasteiger partial charge in [0.25, 0.3) is 0 Å². The smallest absolute Gasteiger partial charge is 0.319 e. The fourth-order valence-corrected chi connectivity index (χ4v) is 4.54. The van der Waals surface area contributed by atoms with Crippen molar-refractivity contribution in [2.45, 2.75) is 31.5 Å². The maximum Gasteiger partial charge on any atom is 0.416 e. The van der Waals surface area contributed by atoms with E-state index in [9.17, 15) is 18.0 Å². The molecule has 4 nitrogen and oxygen atoms in total. The van der Waals surface area contributed by atoms with Crippen molar-refractivity contribution in [3.05, 3.63) is 29.8 Å². The van der Waals surface area contributed by atoms with Crippen LogP contribution >= 0.6 is 11.8 Å². The summed E-state index contributed by atoms with van der Waals surface area (Å²) in [5.74, 6) is 1.87. The van der Waals surface area contributed by atoms with Gasteiger partial charge in [0.1, 0.15) is 0 Å². The zero-order valence-electron chi connectivity index (χ0n) is 14.6. The van der Waals surface area contributed by atoms with Crippen LogP contribution in [0.5, 0.6) is 0 Å². The van der Waals surface area contributed by atoms with E-state index >= 15 is 0 Å². The first-order chi connectivity index (χ1) is 12.4. The summed E-state index contributed by atoms with van der Waals surface area (Å²) >= 11 is 1.84. The molecule has 2 fully saturated rings. The molecule has 3 rings (SSSR count). The summed E-state index contributed by atoms with van der Waals surface area (Å²) in [6.07, 6.45) is -1.14. The van der Waals surface area contributed by atoms with Gasteiger partial charge in [-0.3, -0.25) is 0 Å². The van der Waals surface area contributed by atoms with Gasteiger partial charge in [-0.1, -0.05) is 6.07 Å². The predicted octanol–water partition coefficient (Wildman–Crippen LogP) is 4.14. The van der Waals surface area contributed by atoms with Crippen molar-refractivity contribution in [2.24, 2.45) is 0 Å². The highest BCUT2D eigenvalue weighted by molar-refractivity contribution is 7.99. The SMILES string of the molecule is O=C(Nc1cccc(C(F)(F)F)c1)N1CCCSCC1CN1CCCC1. The largest absolute Gasteiger partial charge is 0.416 e. The van der Waals surface area contributed by atoms with Gasteiger partial charge >= 0.3 is 12.2 Å². The van der Waals surface area contributed by atoms with Gasteiger partial charge < -0.3 is 15.1 Å². The highest BCUT2D eigenvalue weighted by Gasteiger charge is 2.31. The van der Waals surface area contributed by atoms with E-state index < -0.39 is 11.7 Å². The monoisotopic (exact) mass is 387 g/mol. The Labute approximate surface area is 156 Å². The second-order valence-electron chi connectivity index (χ2n) is 6.79. The Morgan fingerprint density at radius 2 is 1.96 bits per heavy atom. The van der Waals surface area contributed by atoms with Gasteiger partial charge in [0, 0.05) is 24.5 Å². The highest BCUT2D eigenvalue weighted by atomic mass is 32.2. The predicted molar refractivity (Wildman–Crippen MR) is 98.6 cm³/mol. The van der Waals surface area contributed by atoms with Crippen LogP contribution in [-0.4, -0.2) is 59.6 Å². The Kier molecular flexibility index (Phi) is 6.34. The maximum atomic E-state index is 12.9. The number of benzene rings is 1. The van der Waals surface area contributed by atoms with Crippen LogP contribution in [0.3, 0.4) is 0 Å². The van der Waals surface area contributed by atoms with Gasteiger partial charge in [0.05, 0.1) is 11.6 Å². The van der Waals surface area contributed by atoms with Gasteiger partial charge in [0.15, 0.2) is 0 Å². The fraction of sp³-hybridized carbons (Fsp3) is 0.611. The number of likely N-dealkylation sites (tertiary alicyclic amines) is 1. The van der Waals surface area contributed by atoms with Crippen molar-refractivity contribution < 1.29 is 18.0 Å². The molecule has 2 aliphatic rings. The summed E-state index contributed by atoms with van der Waals surface area (Å²) in [5.41, 5.74) is -0.572. The molecule has 2 aliphatic heterocycles. The lowest BCUT2D eigenvalue weighted by molar-refractivity contribution is -0.137. The van der Waals surface area contributed by atoms with E-state index in [1.54, 1.807) is 4.90 Å². The minimum absolute atomic E-state index is 0.0893. The molecular weight excluding hydrogens is 363 g/mol. The number of thioether (sulfide) groups is 1. The van der Waals surface area contributed by atoms with Crippen molar-refractivity contribution in [2.75, 3.05) is 43.0 Å². The first-order valence-electron chi connectivity index (χ1n) is 8.98. The first kappa shape index (κ1) is 19.4. The number of alkyl halides is 3. The van der Waals surface area contributed by atoms with E-state index in [1.165, 1.54) is 25.0 Å². The molecule has 2 heterocycles. The van der Waals surface area contributed by atoms with E-state index in [-0.39, 0.29) is 17.8 Å². The minimum atomic E-state index is -4.42. The number of urea groups is 1. The zero-order chi connectivity index (χ0) is 18.6. The molecule has 144 valence electrons. The Morgan fingerprint density at radius 3 is 2.69 bits per heavy atom. The standard InChI is InChI=1S/C18H24F3N3OS/c19-18(20,21)14-5-3-6-15(11-14)22-17(25)24-9-4-10-26-13-16(24)12-23-7-1-2-8-23/h3,5-6,11,16H,1-2,4,7-10,12-13H2,(H,22,25). The molecular formula is C18H24F3N3OS. The minimum Gasteiger partial charge on any atom is -0.319 e. The zero-order valence-corrected chi connectivity index (χ0v) is 15.4. The van der Waals surface area contributed by atoms with Crippen molar-refractivity contribution in [1.29, 1.82) is 0 Å². The van der Waals surface area contributed by atoms with Crippen molar-refractivity contribution in [3.63, 3.8) is 0 Å². The second kappa shape index (κ2) is 8.52. The molecule has 0 aromatic heterocycles. The highest BCUT2D eigenvalue weighted by Crippen LogP contribution is 2.31. The lowest BCUT2D eigenvalue weighted by Gasteiger charge is -2.32. The van der Waals surface area contributed by atoms with Gasteiger partial charge in [-0.15, -0.1) is 0 Å². The summed E-state index contributed by atoms with van der Waals surface area (Å²) in [7, 11) is 0. The second-order valence-corrected chi connectivity index (χ2v) is 7.94. The van der Waals surface area contributed by atoms with Crippen LogP contribution in [0.15, 0.2) is 24.3 Å². The molecule has 1 aromatic rings. The molecule has 1 atom stereocenters. The van der Waals surface area contributed by atoms with E-state index in [2.05, 4.69) is 10.2 Å². The Hall–Kier alpha value is -1.41. The fourth-order valence-electron chi connectivity index (χ4n) is 3.48. The first-order valence-corrected chi connectivity index (χ1v) is 10.1. The third-order valence-corrected chi connectivity index (χ3v) is 6.01. The van der Waals surface area contributed by atoms with Crippen molar-refractivity contribution in [3.8, 4) is 0 Å². The third kappa shape index (κ3) is 5.07. The lowest BCUT2D eigenvalue weighted by Crippen LogP contribution is -2.49. The number of halogens is 3. The third-order valence-electron chi connectivity index (χ3n) is 4.81. The van der Waals surface area contributed by atoms with E-state index in [0.29, 0.717) is 6.54 Å². The molecule has 0 bridgehead atoms. The lowest BCUT2D eigenvalue weighted by atomic mass is 10.2. The summed E-state index contributed by atoms with van der Waals surface area (Å²) in [5, 5.41) is 2.67. The summed E-state index contributed by atoms with van der Waals surface area (Å²) < 4.78 is 38.6. The molecule has 0 radical (unpaired) electrons. The van der Waals surface area contributed by atoms with Gasteiger partial charge in [-0.2, -0.15) is 24.9 Å². The Morgan fingerprint density at radius 1 is 1.19 bits per heavy atom.